The molecule has 0 aromatic rings. The second-order valence-electron chi connectivity index (χ2n) is 11.3. The normalized spacial score (nSPS) is 16.5. The highest BCUT2D eigenvalue weighted by Gasteiger charge is 2.36. The molecule has 2 aliphatic rings. The van der Waals surface area contributed by atoms with Crippen LogP contribution in [-0.4, -0.2) is 166 Å². The van der Waals surface area contributed by atoms with Crippen molar-refractivity contribution in [2.45, 2.75) is 43.8 Å². The third-order valence-electron chi connectivity index (χ3n) is 7.27. The van der Waals surface area contributed by atoms with E-state index in [1.54, 1.807) is 0 Å². The molecule has 3 atom stereocenters. The number of cyclic esters (lactones) is 1. The van der Waals surface area contributed by atoms with E-state index in [0.717, 1.165) is 12.2 Å². The molecule has 7 amide bonds. The van der Waals surface area contributed by atoms with Gasteiger partial charge in [-0.1, -0.05) is 0 Å². The molecule has 7 N–H and O–H groups in total. The zero-order valence-electron chi connectivity index (χ0n) is 29.2. The molecule has 0 unspecified atom stereocenters. The summed E-state index contributed by atoms with van der Waals surface area (Å²) in [6.45, 7) is 1.10. The second kappa shape index (κ2) is 24.1. The van der Waals surface area contributed by atoms with Gasteiger partial charge in [-0.15, -0.1) is 0 Å². The van der Waals surface area contributed by atoms with E-state index in [-0.39, 0.29) is 78.8 Å². The molecule has 0 radical (unpaired) electrons. The SMILES string of the molecule is CNC(=O)[C@H](CC(=O)N[C@H]1CCOC1=O)NC(=O)CCOCCOCCOCCOCCNC(=O)[C@H](CNC(=O)CCP(=O)(O)O)N1C(=O)C=CC1=O. The summed E-state index contributed by atoms with van der Waals surface area (Å²) in [6.07, 6.45) is 0.631. The summed E-state index contributed by atoms with van der Waals surface area (Å²) in [6, 6.07) is -3.31. The van der Waals surface area contributed by atoms with E-state index in [9.17, 15) is 42.9 Å². The molecule has 23 heteroatoms. The average Bonchev–Trinajstić information content (AvgIpc) is 3.66. The highest BCUT2D eigenvalue weighted by Crippen LogP contribution is 2.34. The maximum absolute atomic E-state index is 12.7. The molecule has 0 spiro atoms. The lowest BCUT2D eigenvalue weighted by Gasteiger charge is -2.25. The summed E-state index contributed by atoms with van der Waals surface area (Å²) >= 11 is 0. The van der Waals surface area contributed by atoms with Gasteiger partial charge in [0.05, 0.1) is 72.0 Å². The first-order chi connectivity index (χ1) is 25.2. The Balaban J connectivity index is 1.50. The van der Waals surface area contributed by atoms with Crippen molar-refractivity contribution in [3.63, 3.8) is 0 Å². The number of carbonyl (C=O) groups excluding carboxylic acids is 8. The molecular formula is C30H47N6O16P. The van der Waals surface area contributed by atoms with Crippen LogP contribution in [0, 0.1) is 0 Å². The molecule has 22 nitrogen and oxygen atoms in total. The van der Waals surface area contributed by atoms with Gasteiger partial charge in [-0.2, -0.15) is 0 Å². The summed E-state index contributed by atoms with van der Waals surface area (Å²) in [5.74, 6) is -5.25. The Morgan fingerprint density at radius 3 is 1.96 bits per heavy atom. The van der Waals surface area contributed by atoms with Gasteiger partial charge in [0.15, 0.2) is 0 Å². The monoisotopic (exact) mass is 778 g/mol. The van der Waals surface area contributed by atoms with Gasteiger partial charge in [0.25, 0.3) is 11.8 Å². The van der Waals surface area contributed by atoms with Gasteiger partial charge in [0.2, 0.25) is 29.5 Å². The molecule has 0 bridgehead atoms. The van der Waals surface area contributed by atoms with Crippen molar-refractivity contribution in [3.05, 3.63) is 12.2 Å². The first-order valence-corrected chi connectivity index (χ1v) is 18.4. The number of ether oxygens (including phenoxy) is 5. The van der Waals surface area contributed by atoms with Crippen LogP contribution in [0.3, 0.4) is 0 Å². The van der Waals surface area contributed by atoms with Gasteiger partial charge < -0.3 is 60.1 Å². The molecule has 2 rings (SSSR count). The van der Waals surface area contributed by atoms with Gasteiger partial charge >= 0.3 is 13.6 Å². The minimum absolute atomic E-state index is 0.00145. The zero-order valence-corrected chi connectivity index (χ0v) is 30.1. The van der Waals surface area contributed by atoms with Crippen LogP contribution < -0.4 is 26.6 Å². The van der Waals surface area contributed by atoms with Crippen molar-refractivity contribution in [1.82, 2.24) is 31.5 Å². The minimum Gasteiger partial charge on any atom is -0.464 e. The summed E-state index contributed by atoms with van der Waals surface area (Å²) in [4.78, 5) is 116. The first kappa shape index (κ1) is 44.8. The van der Waals surface area contributed by atoms with Crippen molar-refractivity contribution in [2.24, 2.45) is 0 Å². The number of amides is 7. The number of nitrogens with zero attached hydrogens (tertiary/aromatic N) is 1. The third-order valence-corrected chi connectivity index (χ3v) is 8.08. The predicted octanol–water partition coefficient (Wildman–Crippen LogP) is -4.41. The van der Waals surface area contributed by atoms with Crippen LogP contribution in [-0.2, 0) is 66.6 Å². The van der Waals surface area contributed by atoms with Crippen LogP contribution in [0.15, 0.2) is 12.2 Å². The topological polar surface area (TPSA) is 304 Å². The predicted molar refractivity (Wildman–Crippen MR) is 178 cm³/mol. The fraction of sp³-hybridized carbons (Fsp3) is 0.667. The van der Waals surface area contributed by atoms with Crippen LogP contribution in [0.5, 0.6) is 0 Å². The van der Waals surface area contributed by atoms with Crippen molar-refractivity contribution >= 4 is 54.9 Å². The highest BCUT2D eigenvalue weighted by molar-refractivity contribution is 7.51. The third kappa shape index (κ3) is 18.3. The van der Waals surface area contributed by atoms with Crippen molar-refractivity contribution in [2.75, 3.05) is 85.8 Å². The van der Waals surface area contributed by atoms with Crippen LogP contribution in [0.2, 0.25) is 0 Å². The number of likely N-dealkylation sites (N-methyl/N-ethyl adjacent to an activating group) is 1. The summed E-state index contributed by atoms with van der Waals surface area (Å²) in [7, 11) is -3.05. The second-order valence-corrected chi connectivity index (χ2v) is 13.1. The molecule has 2 aliphatic heterocycles. The van der Waals surface area contributed by atoms with Crippen LogP contribution in [0.1, 0.15) is 25.7 Å². The number of carbonyl (C=O) groups is 8. The van der Waals surface area contributed by atoms with E-state index in [4.69, 9.17) is 33.5 Å². The van der Waals surface area contributed by atoms with E-state index in [2.05, 4.69) is 26.6 Å². The van der Waals surface area contributed by atoms with Crippen LogP contribution >= 0.6 is 7.60 Å². The lowest BCUT2D eigenvalue weighted by atomic mass is 10.1. The summed E-state index contributed by atoms with van der Waals surface area (Å²) in [5.41, 5.74) is 0. The number of hydrogen-bond acceptors (Lipinski definition) is 14. The molecule has 1 saturated heterocycles. The maximum atomic E-state index is 12.7. The van der Waals surface area contributed by atoms with Crippen molar-refractivity contribution in [3.8, 4) is 0 Å². The van der Waals surface area contributed by atoms with Gasteiger partial charge in [-0.05, 0) is 0 Å². The van der Waals surface area contributed by atoms with E-state index < -0.39 is 92.2 Å². The largest absolute Gasteiger partial charge is 0.464 e. The molecule has 2 heterocycles. The van der Waals surface area contributed by atoms with Gasteiger partial charge in [-0.25, -0.2) is 4.79 Å². The summed E-state index contributed by atoms with van der Waals surface area (Å²) in [5, 5.41) is 12.2. The average molecular weight is 779 g/mol. The van der Waals surface area contributed by atoms with E-state index >= 15 is 0 Å². The number of rotatable bonds is 27. The number of hydrogen-bond donors (Lipinski definition) is 7. The van der Waals surface area contributed by atoms with Gasteiger partial charge in [0, 0.05) is 51.6 Å². The first-order valence-electron chi connectivity index (χ1n) is 16.6. The molecule has 0 saturated carbocycles. The molecule has 0 aromatic carbocycles. The Kier molecular flexibility index (Phi) is 20.4. The Hall–Kier alpha value is -4.31. The van der Waals surface area contributed by atoms with E-state index in [0.29, 0.717) is 11.3 Å². The molecule has 0 aliphatic carbocycles. The number of esters is 1. The summed E-state index contributed by atoms with van der Waals surface area (Å²) < 4.78 is 37.3. The quantitative estimate of drug-likeness (QED) is 0.0179. The standard InChI is InChI=1S/C30H47N6O16P/c1-31-28(42)21(18-25(39)34-20-4-9-52-30(20)44)35-24(38)5-8-48-11-13-50-15-16-51-14-12-49-10-7-32-29(43)22(36-26(40)2-3-27(36)41)19-33-23(37)6-17-53(45,46)47/h2-3,20-22H,4-19H2,1H3,(H,31,42)(H,32,43)(H,33,37)(H,34,39)(H,35,38)(H2,45,46,47)/t20-,21-,22-/m0/s1. The number of nitrogens with one attached hydrogen (secondary N) is 5. The zero-order chi connectivity index (χ0) is 39.2. The Morgan fingerprint density at radius 2 is 1.42 bits per heavy atom. The molecule has 53 heavy (non-hydrogen) atoms. The van der Waals surface area contributed by atoms with Crippen molar-refractivity contribution < 1.29 is 76.4 Å². The van der Waals surface area contributed by atoms with Crippen LogP contribution in [0.4, 0.5) is 0 Å². The Morgan fingerprint density at radius 1 is 0.830 bits per heavy atom. The fourth-order valence-corrected chi connectivity index (χ4v) is 5.07. The molecule has 0 aromatic heterocycles. The molecule has 1 fully saturated rings. The van der Waals surface area contributed by atoms with Gasteiger partial charge in [0.1, 0.15) is 18.1 Å². The molecular weight excluding hydrogens is 731 g/mol. The smallest absolute Gasteiger partial charge is 0.328 e. The van der Waals surface area contributed by atoms with Crippen LogP contribution in [0.25, 0.3) is 0 Å². The lowest BCUT2D eigenvalue weighted by molar-refractivity contribution is -0.145. The number of imide groups is 1. The van der Waals surface area contributed by atoms with E-state index in [1.807, 2.05) is 0 Å². The fourth-order valence-electron chi connectivity index (χ4n) is 4.57. The Bertz CT molecular complexity index is 1360. The van der Waals surface area contributed by atoms with Crippen molar-refractivity contribution in [1.29, 1.82) is 0 Å². The van der Waals surface area contributed by atoms with E-state index in [1.165, 1.54) is 7.05 Å². The maximum Gasteiger partial charge on any atom is 0.328 e. The minimum atomic E-state index is -4.42. The van der Waals surface area contributed by atoms with Gasteiger partial charge in [-0.3, -0.25) is 43.0 Å². The lowest BCUT2D eigenvalue weighted by Crippen LogP contribution is -2.55. The Labute approximate surface area is 304 Å². The highest BCUT2D eigenvalue weighted by atomic mass is 31.2. The molecule has 298 valence electrons.